The van der Waals surface area contributed by atoms with Crippen LogP contribution in [-0.2, 0) is 9.59 Å². The summed E-state index contributed by atoms with van der Waals surface area (Å²) in [4.78, 5) is 23.7. The molecule has 0 aromatic rings. The van der Waals surface area contributed by atoms with Crippen molar-refractivity contribution < 1.29 is 14.7 Å². The predicted octanol–water partition coefficient (Wildman–Crippen LogP) is 0.555. The van der Waals surface area contributed by atoms with Crippen LogP contribution in [0, 0.1) is 5.92 Å². The molecule has 0 saturated carbocycles. The quantitative estimate of drug-likeness (QED) is 0.639. The number of nitrogens with zero attached hydrogens (tertiary/aromatic N) is 1. The van der Waals surface area contributed by atoms with Crippen molar-refractivity contribution >= 4 is 11.9 Å². The molecule has 0 atom stereocenters. The summed E-state index contributed by atoms with van der Waals surface area (Å²) in [7, 11) is 0. The molecule has 0 heterocycles. The zero-order valence-corrected chi connectivity index (χ0v) is 10.3. The monoisotopic (exact) mass is 230 g/mol. The van der Waals surface area contributed by atoms with Crippen LogP contribution in [0.1, 0.15) is 27.2 Å². The van der Waals surface area contributed by atoms with Crippen molar-refractivity contribution in [3.05, 3.63) is 0 Å². The number of carbonyl (C=O) groups excluding carboxylic acids is 1. The first-order valence-electron chi connectivity index (χ1n) is 5.66. The highest BCUT2D eigenvalue weighted by Crippen LogP contribution is 1.92. The van der Waals surface area contributed by atoms with Crippen LogP contribution in [0.3, 0.4) is 0 Å². The Kier molecular flexibility index (Phi) is 7.54. The largest absolute Gasteiger partial charge is 0.480 e. The van der Waals surface area contributed by atoms with E-state index in [2.05, 4.69) is 5.32 Å². The molecule has 0 aromatic heterocycles. The van der Waals surface area contributed by atoms with Crippen LogP contribution >= 0.6 is 0 Å². The number of carboxylic acid groups (broad SMARTS) is 1. The molecule has 2 N–H and O–H groups in total. The Morgan fingerprint density at radius 2 is 1.94 bits per heavy atom. The van der Waals surface area contributed by atoms with Crippen molar-refractivity contribution in [1.29, 1.82) is 0 Å². The van der Waals surface area contributed by atoms with E-state index in [-0.39, 0.29) is 19.0 Å². The SMILES string of the molecule is CCCN(CC(=O)O)CC(=O)NCC(C)C. The van der Waals surface area contributed by atoms with Gasteiger partial charge in [-0.25, -0.2) is 0 Å². The molecule has 0 fully saturated rings. The third-order valence-corrected chi connectivity index (χ3v) is 1.97. The van der Waals surface area contributed by atoms with Gasteiger partial charge in [0.15, 0.2) is 0 Å². The van der Waals surface area contributed by atoms with Gasteiger partial charge in [-0.3, -0.25) is 14.5 Å². The molecule has 5 heteroatoms. The number of amides is 1. The zero-order chi connectivity index (χ0) is 12.6. The third-order valence-electron chi connectivity index (χ3n) is 1.97. The molecule has 16 heavy (non-hydrogen) atoms. The van der Waals surface area contributed by atoms with Crippen LogP contribution in [0.25, 0.3) is 0 Å². The molecule has 94 valence electrons. The van der Waals surface area contributed by atoms with Crippen molar-refractivity contribution in [2.45, 2.75) is 27.2 Å². The van der Waals surface area contributed by atoms with Crippen molar-refractivity contribution in [2.24, 2.45) is 5.92 Å². The van der Waals surface area contributed by atoms with E-state index in [1.165, 1.54) is 0 Å². The fraction of sp³-hybridized carbons (Fsp3) is 0.818. The normalized spacial score (nSPS) is 10.8. The topological polar surface area (TPSA) is 69.6 Å². The summed E-state index contributed by atoms with van der Waals surface area (Å²) >= 11 is 0. The van der Waals surface area contributed by atoms with Crippen LogP contribution in [0.15, 0.2) is 0 Å². The molecule has 0 radical (unpaired) electrons. The summed E-state index contributed by atoms with van der Waals surface area (Å²) in [5.41, 5.74) is 0. The van der Waals surface area contributed by atoms with E-state index in [0.717, 1.165) is 6.42 Å². The second kappa shape index (κ2) is 8.10. The first-order chi connectivity index (χ1) is 7.45. The highest BCUT2D eigenvalue weighted by Gasteiger charge is 2.12. The molecule has 0 unspecified atom stereocenters. The summed E-state index contributed by atoms with van der Waals surface area (Å²) in [6.07, 6.45) is 0.838. The molecule has 0 aliphatic heterocycles. The average Bonchev–Trinajstić information content (AvgIpc) is 2.14. The van der Waals surface area contributed by atoms with Gasteiger partial charge in [-0.05, 0) is 18.9 Å². The number of hydrogen-bond donors (Lipinski definition) is 2. The van der Waals surface area contributed by atoms with E-state index in [9.17, 15) is 9.59 Å². The van der Waals surface area contributed by atoms with E-state index in [0.29, 0.717) is 19.0 Å². The fourth-order valence-electron chi connectivity index (χ4n) is 1.30. The molecule has 0 rings (SSSR count). The third kappa shape index (κ3) is 8.23. The van der Waals surface area contributed by atoms with E-state index in [1.54, 1.807) is 4.90 Å². The summed E-state index contributed by atoms with van der Waals surface area (Å²) in [6.45, 7) is 7.33. The second-order valence-corrected chi connectivity index (χ2v) is 4.30. The smallest absolute Gasteiger partial charge is 0.317 e. The van der Waals surface area contributed by atoms with Crippen molar-refractivity contribution in [1.82, 2.24) is 10.2 Å². The van der Waals surface area contributed by atoms with Gasteiger partial charge in [0.05, 0.1) is 13.1 Å². The van der Waals surface area contributed by atoms with Gasteiger partial charge in [0.25, 0.3) is 0 Å². The maximum absolute atomic E-state index is 11.5. The second-order valence-electron chi connectivity index (χ2n) is 4.30. The minimum absolute atomic E-state index is 0.0804. The lowest BCUT2D eigenvalue weighted by Crippen LogP contribution is -2.41. The van der Waals surface area contributed by atoms with E-state index in [4.69, 9.17) is 5.11 Å². The minimum atomic E-state index is -0.898. The number of hydrogen-bond acceptors (Lipinski definition) is 3. The Balaban J connectivity index is 3.97. The predicted molar refractivity (Wildman–Crippen MR) is 62.2 cm³/mol. The molecule has 5 nitrogen and oxygen atoms in total. The van der Waals surface area contributed by atoms with E-state index in [1.807, 2.05) is 20.8 Å². The summed E-state index contributed by atoms with van der Waals surface area (Å²) in [5, 5.41) is 11.4. The lowest BCUT2D eigenvalue weighted by molar-refractivity contribution is -0.138. The Morgan fingerprint density at radius 3 is 2.38 bits per heavy atom. The van der Waals surface area contributed by atoms with Gasteiger partial charge < -0.3 is 10.4 Å². The van der Waals surface area contributed by atoms with Gasteiger partial charge in [-0.2, -0.15) is 0 Å². The highest BCUT2D eigenvalue weighted by atomic mass is 16.4. The first kappa shape index (κ1) is 14.9. The van der Waals surface area contributed by atoms with E-state index >= 15 is 0 Å². The fourth-order valence-corrected chi connectivity index (χ4v) is 1.30. The summed E-state index contributed by atoms with van der Waals surface area (Å²) in [6, 6.07) is 0. The van der Waals surface area contributed by atoms with Crippen LogP contribution in [0.2, 0.25) is 0 Å². The molecule has 0 spiro atoms. The average molecular weight is 230 g/mol. The number of aliphatic carboxylic acids is 1. The van der Waals surface area contributed by atoms with Crippen molar-refractivity contribution in [2.75, 3.05) is 26.2 Å². The molecule has 0 aromatic carbocycles. The minimum Gasteiger partial charge on any atom is -0.480 e. The lowest BCUT2D eigenvalue weighted by Gasteiger charge is -2.19. The molecule has 0 aliphatic carbocycles. The zero-order valence-electron chi connectivity index (χ0n) is 10.3. The molecule has 1 amide bonds. The Bertz CT molecular complexity index is 229. The van der Waals surface area contributed by atoms with Gasteiger partial charge in [0.1, 0.15) is 0 Å². The maximum atomic E-state index is 11.5. The summed E-state index contributed by atoms with van der Waals surface area (Å²) in [5.74, 6) is -0.600. The maximum Gasteiger partial charge on any atom is 0.317 e. The van der Waals surface area contributed by atoms with Gasteiger partial charge >= 0.3 is 5.97 Å². The Morgan fingerprint density at radius 1 is 1.31 bits per heavy atom. The van der Waals surface area contributed by atoms with Crippen LogP contribution in [0.5, 0.6) is 0 Å². The Hall–Kier alpha value is -1.10. The van der Waals surface area contributed by atoms with Crippen LogP contribution in [-0.4, -0.2) is 48.1 Å². The van der Waals surface area contributed by atoms with Crippen LogP contribution < -0.4 is 5.32 Å². The summed E-state index contributed by atoms with van der Waals surface area (Å²) < 4.78 is 0. The van der Waals surface area contributed by atoms with E-state index < -0.39 is 5.97 Å². The van der Waals surface area contributed by atoms with Gasteiger partial charge in [0, 0.05) is 6.54 Å². The van der Waals surface area contributed by atoms with Gasteiger partial charge in [0.2, 0.25) is 5.91 Å². The molecular formula is C11H22N2O3. The highest BCUT2D eigenvalue weighted by molar-refractivity contribution is 5.79. The van der Waals surface area contributed by atoms with Gasteiger partial charge in [-0.15, -0.1) is 0 Å². The Labute approximate surface area is 96.8 Å². The van der Waals surface area contributed by atoms with Crippen molar-refractivity contribution in [3.8, 4) is 0 Å². The number of nitrogens with one attached hydrogen (secondary N) is 1. The van der Waals surface area contributed by atoms with Crippen LogP contribution in [0.4, 0.5) is 0 Å². The molecule has 0 aliphatic rings. The number of carbonyl (C=O) groups is 2. The van der Waals surface area contributed by atoms with Crippen molar-refractivity contribution in [3.63, 3.8) is 0 Å². The number of carboxylic acids is 1. The molecule has 0 saturated heterocycles. The van der Waals surface area contributed by atoms with Gasteiger partial charge in [-0.1, -0.05) is 20.8 Å². The molecule has 0 bridgehead atoms. The lowest BCUT2D eigenvalue weighted by atomic mass is 10.2. The standard InChI is InChI=1S/C11H22N2O3/c1-4-5-13(8-11(15)16)7-10(14)12-6-9(2)3/h9H,4-8H2,1-3H3,(H,12,14)(H,15,16). The number of rotatable bonds is 8. The molecular weight excluding hydrogens is 208 g/mol. The first-order valence-corrected chi connectivity index (χ1v) is 5.66.